The van der Waals surface area contributed by atoms with Crippen molar-refractivity contribution in [3.63, 3.8) is 0 Å². The van der Waals surface area contributed by atoms with Crippen molar-refractivity contribution >= 4 is 32.6 Å². The Balaban J connectivity index is 1.59. The molecule has 2 aromatic heterocycles. The monoisotopic (exact) mass is 372 g/mol. The molecule has 0 saturated carbocycles. The Morgan fingerprint density at radius 2 is 1.85 bits per heavy atom. The maximum atomic E-state index is 5.27. The minimum Gasteiger partial charge on any atom is -0.497 e. The molecule has 0 saturated heterocycles. The third kappa shape index (κ3) is 2.65. The van der Waals surface area contributed by atoms with E-state index in [2.05, 4.69) is 41.5 Å². The number of rotatable bonds is 3. The van der Waals surface area contributed by atoms with Gasteiger partial charge in [-0.05, 0) is 55.0 Å². The number of hydrogen-bond acceptors (Lipinski definition) is 5. The molecule has 5 aromatic rings. The predicted molar refractivity (Wildman–Crippen MR) is 109 cm³/mol. The molecule has 0 unspecified atom stereocenters. The van der Waals surface area contributed by atoms with Crippen molar-refractivity contribution in [1.82, 2.24) is 20.0 Å². The second-order valence-electron chi connectivity index (χ2n) is 6.34. The van der Waals surface area contributed by atoms with Gasteiger partial charge in [0, 0.05) is 11.6 Å². The van der Waals surface area contributed by atoms with Gasteiger partial charge in [0.25, 0.3) is 0 Å². The molecule has 0 aliphatic carbocycles. The molecule has 0 spiro atoms. The highest BCUT2D eigenvalue weighted by atomic mass is 32.1. The molecule has 2 heterocycles. The fourth-order valence-electron chi connectivity index (χ4n) is 3.23. The lowest BCUT2D eigenvalue weighted by molar-refractivity contribution is 0.415. The molecule has 0 aliphatic heterocycles. The van der Waals surface area contributed by atoms with Gasteiger partial charge in [0.2, 0.25) is 0 Å². The number of para-hydroxylation sites is 1. The van der Waals surface area contributed by atoms with Crippen LogP contribution in [0.15, 0.2) is 60.7 Å². The lowest BCUT2D eigenvalue weighted by Crippen LogP contribution is -1.99. The van der Waals surface area contributed by atoms with Gasteiger partial charge in [-0.1, -0.05) is 17.3 Å². The summed E-state index contributed by atoms with van der Waals surface area (Å²) in [4.78, 5) is 4.76. The van der Waals surface area contributed by atoms with E-state index in [4.69, 9.17) is 9.72 Å². The molecule has 3 aromatic carbocycles. The van der Waals surface area contributed by atoms with Crippen molar-refractivity contribution in [2.75, 3.05) is 7.11 Å². The van der Waals surface area contributed by atoms with Crippen molar-refractivity contribution in [1.29, 1.82) is 0 Å². The Morgan fingerprint density at radius 1 is 0.963 bits per heavy atom. The van der Waals surface area contributed by atoms with Crippen LogP contribution in [0.5, 0.6) is 5.75 Å². The Morgan fingerprint density at radius 3 is 2.67 bits per heavy atom. The summed E-state index contributed by atoms with van der Waals surface area (Å²) in [7, 11) is 1.65. The van der Waals surface area contributed by atoms with Crippen LogP contribution in [0, 0.1) is 6.92 Å². The number of thiazole rings is 1. The summed E-state index contributed by atoms with van der Waals surface area (Å²) in [6.07, 6.45) is 0. The molecule has 6 heteroatoms. The molecular weight excluding hydrogens is 356 g/mol. The van der Waals surface area contributed by atoms with Gasteiger partial charge in [-0.2, -0.15) is 0 Å². The summed E-state index contributed by atoms with van der Waals surface area (Å²) in [5, 5.41) is 9.64. The largest absolute Gasteiger partial charge is 0.497 e. The number of methoxy groups -OCH3 is 1. The minimum atomic E-state index is 0.775. The SMILES string of the molecule is COc1ccc2c(c1)nnn2-c1ccc(-c2nc3ccccc3s2)cc1C. The fourth-order valence-corrected chi connectivity index (χ4v) is 4.19. The lowest BCUT2D eigenvalue weighted by Gasteiger charge is -2.08. The van der Waals surface area contributed by atoms with E-state index in [0.29, 0.717) is 0 Å². The molecule has 0 aliphatic rings. The van der Waals surface area contributed by atoms with Crippen molar-refractivity contribution in [2.24, 2.45) is 0 Å². The van der Waals surface area contributed by atoms with Crippen molar-refractivity contribution < 1.29 is 4.74 Å². The number of nitrogens with zero attached hydrogens (tertiary/aromatic N) is 4. The number of fused-ring (bicyclic) bond motifs is 2. The number of aryl methyl sites for hydroxylation is 1. The van der Waals surface area contributed by atoms with Gasteiger partial charge in [-0.25, -0.2) is 9.67 Å². The first-order chi connectivity index (χ1) is 13.2. The number of aromatic nitrogens is 4. The smallest absolute Gasteiger partial charge is 0.124 e. The van der Waals surface area contributed by atoms with Crippen LogP contribution >= 0.6 is 11.3 Å². The van der Waals surface area contributed by atoms with Crippen molar-refractivity contribution in [2.45, 2.75) is 6.92 Å². The zero-order valence-electron chi connectivity index (χ0n) is 14.9. The first kappa shape index (κ1) is 16.0. The van der Waals surface area contributed by atoms with Gasteiger partial charge >= 0.3 is 0 Å². The van der Waals surface area contributed by atoms with Gasteiger partial charge in [0.1, 0.15) is 16.3 Å². The van der Waals surface area contributed by atoms with Crippen molar-refractivity contribution in [3.8, 4) is 22.0 Å². The third-order valence-electron chi connectivity index (χ3n) is 4.62. The van der Waals surface area contributed by atoms with Crippen LogP contribution in [0.3, 0.4) is 0 Å². The van der Waals surface area contributed by atoms with Crippen LogP contribution in [0.1, 0.15) is 5.56 Å². The summed E-state index contributed by atoms with van der Waals surface area (Å²) in [5.41, 5.74) is 6.04. The number of benzene rings is 3. The highest BCUT2D eigenvalue weighted by Gasteiger charge is 2.12. The highest BCUT2D eigenvalue weighted by Crippen LogP contribution is 2.32. The first-order valence-electron chi connectivity index (χ1n) is 8.59. The second kappa shape index (κ2) is 6.17. The summed E-state index contributed by atoms with van der Waals surface area (Å²) in [6, 6.07) is 20.3. The normalized spacial score (nSPS) is 11.3. The van der Waals surface area contributed by atoms with E-state index in [1.807, 2.05) is 41.1 Å². The Labute approximate surface area is 159 Å². The van der Waals surface area contributed by atoms with Crippen LogP contribution in [-0.2, 0) is 0 Å². The summed E-state index contributed by atoms with van der Waals surface area (Å²) in [6.45, 7) is 2.09. The number of ether oxygens (including phenoxy) is 1. The molecular formula is C21H16N4OS. The standard InChI is InChI=1S/C21H16N4OS/c1-13-11-14(21-22-16-5-3-4-6-20(16)27-21)7-9-18(13)25-19-10-8-15(26-2)12-17(19)23-24-25/h3-12H,1-2H3. The van der Waals surface area contributed by atoms with Crippen LogP contribution < -0.4 is 4.74 Å². The van der Waals surface area contributed by atoms with Crippen LogP contribution in [0.2, 0.25) is 0 Å². The maximum Gasteiger partial charge on any atom is 0.124 e. The summed E-state index contributed by atoms with van der Waals surface area (Å²) in [5.74, 6) is 0.775. The third-order valence-corrected chi connectivity index (χ3v) is 5.70. The molecule has 27 heavy (non-hydrogen) atoms. The van der Waals surface area contributed by atoms with E-state index >= 15 is 0 Å². The molecule has 0 N–H and O–H groups in total. The van der Waals surface area contributed by atoms with E-state index in [0.717, 1.165) is 44.1 Å². The van der Waals surface area contributed by atoms with Gasteiger partial charge in [-0.3, -0.25) is 0 Å². The highest BCUT2D eigenvalue weighted by molar-refractivity contribution is 7.21. The molecule has 0 atom stereocenters. The van der Waals surface area contributed by atoms with E-state index in [1.165, 1.54) is 4.70 Å². The average molecular weight is 372 g/mol. The van der Waals surface area contributed by atoms with Crippen LogP contribution in [0.4, 0.5) is 0 Å². The minimum absolute atomic E-state index is 0.775. The van der Waals surface area contributed by atoms with Crippen LogP contribution in [0.25, 0.3) is 37.5 Å². The molecule has 0 bridgehead atoms. The van der Waals surface area contributed by atoms with E-state index in [-0.39, 0.29) is 0 Å². The average Bonchev–Trinajstić information content (AvgIpc) is 3.31. The molecule has 132 valence electrons. The quantitative estimate of drug-likeness (QED) is 0.446. The Bertz CT molecular complexity index is 1260. The van der Waals surface area contributed by atoms with Gasteiger partial charge in [0.05, 0.1) is 28.5 Å². The zero-order valence-corrected chi connectivity index (χ0v) is 15.7. The zero-order chi connectivity index (χ0) is 18.4. The molecule has 0 radical (unpaired) electrons. The molecule has 5 rings (SSSR count). The van der Waals surface area contributed by atoms with E-state index in [1.54, 1.807) is 18.4 Å². The molecule has 0 amide bonds. The molecule has 0 fully saturated rings. The fraction of sp³-hybridized carbons (Fsp3) is 0.0952. The summed E-state index contributed by atoms with van der Waals surface area (Å²) >= 11 is 1.71. The van der Waals surface area contributed by atoms with Crippen molar-refractivity contribution in [3.05, 3.63) is 66.2 Å². The van der Waals surface area contributed by atoms with E-state index in [9.17, 15) is 0 Å². The summed E-state index contributed by atoms with van der Waals surface area (Å²) < 4.78 is 8.33. The van der Waals surface area contributed by atoms with Gasteiger partial charge < -0.3 is 4.74 Å². The maximum absolute atomic E-state index is 5.27. The molecule has 5 nitrogen and oxygen atoms in total. The van der Waals surface area contributed by atoms with Gasteiger partial charge in [0.15, 0.2) is 0 Å². The van der Waals surface area contributed by atoms with Crippen LogP contribution in [-0.4, -0.2) is 27.1 Å². The number of hydrogen-bond donors (Lipinski definition) is 0. The lowest BCUT2D eigenvalue weighted by atomic mass is 10.1. The second-order valence-corrected chi connectivity index (χ2v) is 7.37. The topological polar surface area (TPSA) is 52.8 Å². The first-order valence-corrected chi connectivity index (χ1v) is 9.41. The van der Waals surface area contributed by atoms with E-state index < -0.39 is 0 Å². The van der Waals surface area contributed by atoms with Gasteiger partial charge in [-0.15, -0.1) is 16.4 Å². The predicted octanol–water partition coefficient (Wildman–Crippen LogP) is 5.01. The Kier molecular flexibility index (Phi) is 3.65. The Hall–Kier alpha value is -3.25.